The van der Waals surface area contributed by atoms with Crippen molar-refractivity contribution in [2.45, 2.75) is 32.4 Å². The summed E-state index contributed by atoms with van der Waals surface area (Å²) in [5, 5.41) is 10.0. The average Bonchev–Trinajstić information content (AvgIpc) is 2.58. The summed E-state index contributed by atoms with van der Waals surface area (Å²) in [6.07, 6.45) is -4.56. The summed E-state index contributed by atoms with van der Waals surface area (Å²) >= 11 is 0. The van der Waals surface area contributed by atoms with Crippen LogP contribution in [-0.4, -0.2) is 16.1 Å². The zero-order valence-electron chi connectivity index (χ0n) is 15.1. The fraction of sp³-hybridized carbons (Fsp3) is 0.238. The second-order valence-electron chi connectivity index (χ2n) is 7.39. The number of carbonyl (C=O) groups is 1. The molecule has 3 nitrogen and oxygen atoms in total. The van der Waals surface area contributed by atoms with Gasteiger partial charge in [-0.3, -0.25) is 0 Å². The van der Waals surface area contributed by atoms with Crippen LogP contribution in [0.25, 0.3) is 22.2 Å². The number of aromatic carboxylic acids is 1. The number of benzene rings is 2. The molecule has 1 N–H and O–H groups in total. The zero-order chi connectivity index (χ0) is 20.0. The first kappa shape index (κ1) is 18.9. The van der Waals surface area contributed by atoms with Crippen LogP contribution < -0.4 is 0 Å². The Morgan fingerprint density at radius 3 is 2.26 bits per heavy atom. The topological polar surface area (TPSA) is 50.2 Å². The van der Waals surface area contributed by atoms with Crippen molar-refractivity contribution in [3.8, 4) is 11.3 Å². The summed E-state index contributed by atoms with van der Waals surface area (Å²) in [7, 11) is 0. The summed E-state index contributed by atoms with van der Waals surface area (Å²) in [4.78, 5) is 16.1. The van der Waals surface area contributed by atoms with Crippen LogP contribution in [0.15, 0.2) is 48.5 Å². The van der Waals surface area contributed by atoms with Crippen LogP contribution in [0.3, 0.4) is 0 Å². The van der Waals surface area contributed by atoms with Crippen molar-refractivity contribution in [3.05, 3.63) is 65.2 Å². The van der Waals surface area contributed by atoms with Crippen molar-refractivity contribution in [2.75, 3.05) is 0 Å². The van der Waals surface area contributed by atoms with Gasteiger partial charge >= 0.3 is 12.1 Å². The molecule has 0 bridgehead atoms. The molecule has 0 saturated heterocycles. The Morgan fingerprint density at radius 2 is 1.67 bits per heavy atom. The molecule has 0 saturated carbocycles. The van der Waals surface area contributed by atoms with Crippen LogP contribution in [0.1, 0.15) is 42.3 Å². The Kier molecular flexibility index (Phi) is 4.46. The highest BCUT2D eigenvalue weighted by molar-refractivity contribution is 6.04. The van der Waals surface area contributed by atoms with Crippen LogP contribution >= 0.6 is 0 Å². The van der Waals surface area contributed by atoms with E-state index in [0.717, 1.165) is 11.6 Å². The van der Waals surface area contributed by atoms with E-state index in [1.807, 2.05) is 26.8 Å². The van der Waals surface area contributed by atoms with Crippen LogP contribution in [0.2, 0.25) is 0 Å². The molecule has 1 aromatic heterocycles. The highest BCUT2D eigenvalue weighted by atomic mass is 19.4. The molecule has 1 heterocycles. The van der Waals surface area contributed by atoms with Crippen molar-refractivity contribution in [3.63, 3.8) is 0 Å². The van der Waals surface area contributed by atoms with Gasteiger partial charge < -0.3 is 5.11 Å². The number of halogens is 3. The number of nitrogens with zero attached hydrogens (tertiary/aromatic N) is 1. The van der Waals surface area contributed by atoms with E-state index in [1.165, 1.54) is 24.3 Å². The van der Waals surface area contributed by atoms with Gasteiger partial charge in [0.25, 0.3) is 0 Å². The summed E-state index contributed by atoms with van der Waals surface area (Å²) in [6.45, 7) is 5.99. The van der Waals surface area contributed by atoms with Gasteiger partial charge in [-0.05, 0) is 35.2 Å². The van der Waals surface area contributed by atoms with Crippen LogP contribution in [0, 0.1) is 0 Å². The predicted octanol–water partition coefficient (Wildman–Crippen LogP) is 5.92. The Labute approximate surface area is 154 Å². The van der Waals surface area contributed by atoms with Crippen molar-refractivity contribution in [2.24, 2.45) is 0 Å². The Hall–Kier alpha value is -2.89. The first-order valence-electron chi connectivity index (χ1n) is 8.33. The van der Waals surface area contributed by atoms with E-state index in [0.29, 0.717) is 10.9 Å². The predicted molar refractivity (Wildman–Crippen MR) is 97.8 cm³/mol. The van der Waals surface area contributed by atoms with E-state index >= 15 is 0 Å². The summed E-state index contributed by atoms with van der Waals surface area (Å²) in [6, 6.07) is 11.5. The lowest BCUT2D eigenvalue weighted by Crippen LogP contribution is -2.12. The van der Waals surface area contributed by atoms with Gasteiger partial charge in [0.2, 0.25) is 0 Å². The second kappa shape index (κ2) is 6.37. The van der Waals surface area contributed by atoms with Gasteiger partial charge in [-0.25, -0.2) is 9.78 Å². The maximum Gasteiger partial charge on any atom is 0.417 e. The van der Waals surface area contributed by atoms with Crippen molar-refractivity contribution in [1.29, 1.82) is 0 Å². The molecule has 0 radical (unpaired) electrons. The lowest BCUT2D eigenvalue weighted by atomic mass is 9.85. The molecule has 27 heavy (non-hydrogen) atoms. The molecular formula is C21H18F3NO2. The number of fused-ring (bicyclic) bond motifs is 1. The number of aromatic nitrogens is 1. The molecule has 6 heteroatoms. The summed E-state index contributed by atoms with van der Waals surface area (Å²) < 4.78 is 40.0. The van der Waals surface area contributed by atoms with E-state index in [1.54, 1.807) is 12.1 Å². The molecule has 0 aliphatic rings. The SMILES string of the molecule is CC(C)(C)c1ccc2nc(-c3ccccc3C(F)(F)F)cc(C(=O)O)c2c1. The minimum absolute atomic E-state index is 0.0173. The van der Waals surface area contributed by atoms with Gasteiger partial charge in [0, 0.05) is 10.9 Å². The van der Waals surface area contributed by atoms with E-state index in [9.17, 15) is 23.1 Å². The fourth-order valence-electron chi connectivity index (χ4n) is 2.96. The van der Waals surface area contributed by atoms with Crippen molar-refractivity contribution in [1.82, 2.24) is 4.98 Å². The number of alkyl halides is 3. The molecule has 0 spiro atoms. The van der Waals surface area contributed by atoms with E-state index in [2.05, 4.69) is 4.98 Å². The monoisotopic (exact) mass is 373 g/mol. The smallest absolute Gasteiger partial charge is 0.417 e. The zero-order valence-corrected chi connectivity index (χ0v) is 15.1. The molecule has 3 aromatic rings. The fourth-order valence-corrected chi connectivity index (χ4v) is 2.96. The number of carboxylic acids is 1. The third-order valence-electron chi connectivity index (χ3n) is 4.41. The minimum Gasteiger partial charge on any atom is -0.478 e. The van der Waals surface area contributed by atoms with Gasteiger partial charge in [-0.2, -0.15) is 13.2 Å². The maximum atomic E-state index is 13.3. The standard InChI is InChI=1S/C21H18F3NO2/c1-20(2,3)12-8-9-17-14(10-12)15(19(26)27)11-18(25-17)13-6-4-5-7-16(13)21(22,23)24/h4-11H,1-3H3,(H,26,27). The highest BCUT2D eigenvalue weighted by Gasteiger charge is 2.34. The van der Waals surface area contributed by atoms with Crippen molar-refractivity contribution >= 4 is 16.9 Å². The summed E-state index contributed by atoms with van der Waals surface area (Å²) in [5.41, 5.74) is -0.0215. The molecule has 0 aliphatic carbocycles. The molecule has 0 fully saturated rings. The van der Waals surface area contributed by atoms with Crippen LogP contribution in [0.5, 0.6) is 0 Å². The molecule has 0 atom stereocenters. The van der Waals surface area contributed by atoms with Gasteiger partial charge in [0.15, 0.2) is 0 Å². The number of hydrogen-bond donors (Lipinski definition) is 1. The molecule has 140 valence electrons. The molecule has 0 amide bonds. The van der Waals surface area contributed by atoms with Crippen LogP contribution in [0.4, 0.5) is 13.2 Å². The molecule has 0 unspecified atom stereocenters. The third kappa shape index (κ3) is 3.65. The molecular weight excluding hydrogens is 355 g/mol. The molecule has 2 aromatic carbocycles. The van der Waals surface area contributed by atoms with Gasteiger partial charge in [0.1, 0.15) is 0 Å². The second-order valence-corrected chi connectivity index (χ2v) is 7.39. The first-order chi connectivity index (χ1) is 12.5. The number of rotatable bonds is 2. The van der Waals surface area contributed by atoms with E-state index in [4.69, 9.17) is 0 Å². The Morgan fingerprint density at radius 1 is 1.00 bits per heavy atom. The lowest BCUT2D eigenvalue weighted by molar-refractivity contribution is -0.137. The minimum atomic E-state index is -4.56. The largest absolute Gasteiger partial charge is 0.478 e. The number of carboxylic acid groups (broad SMARTS) is 1. The maximum absolute atomic E-state index is 13.3. The van der Waals surface area contributed by atoms with Gasteiger partial charge in [-0.15, -0.1) is 0 Å². The Balaban J connectivity index is 2.31. The highest BCUT2D eigenvalue weighted by Crippen LogP contribution is 2.37. The normalized spacial score (nSPS) is 12.4. The van der Waals surface area contributed by atoms with E-state index < -0.39 is 17.7 Å². The van der Waals surface area contributed by atoms with Gasteiger partial charge in [-0.1, -0.05) is 45.0 Å². The van der Waals surface area contributed by atoms with Crippen LogP contribution in [-0.2, 0) is 11.6 Å². The number of pyridine rings is 1. The van der Waals surface area contributed by atoms with Gasteiger partial charge in [0.05, 0.1) is 22.3 Å². The number of hydrogen-bond acceptors (Lipinski definition) is 2. The molecule has 0 aliphatic heterocycles. The average molecular weight is 373 g/mol. The van der Waals surface area contributed by atoms with Crippen molar-refractivity contribution < 1.29 is 23.1 Å². The molecule has 3 rings (SSSR count). The summed E-state index contributed by atoms with van der Waals surface area (Å²) in [5.74, 6) is -1.21. The quantitative estimate of drug-likeness (QED) is 0.607. The third-order valence-corrected chi connectivity index (χ3v) is 4.41. The first-order valence-corrected chi connectivity index (χ1v) is 8.33. The lowest BCUT2D eigenvalue weighted by Gasteiger charge is -2.20. The van der Waals surface area contributed by atoms with E-state index in [-0.39, 0.29) is 22.2 Å². The Bertz CT molecular complexity index is 1030.